The fourth-order valence-electron chi connectivity index (χ4n) is 1.13. The van der Waals surface area contributed by atoms with Crippen LogP contribution < -0.4 is 0 Å². The molecule has 0 bridgehead atoms. The van der Waals surface area contributed by atoms with E-state index in [4.69, 9.17) is 23.2 Å². The Hall–Kier alpha value is 0.280. The summed E-state index contributed by atoms with van der Waals surface area (Å²) in [5.74, 6) is 1.16. The molecular formula is C8H10Cl2S. The minimum atomic E-state index is 0.582. The smallest absolute Gasteiger partial charge is 0.0488 e. The molecule has 11 heavy (non-hydrogen) atoms. The van der Waals surface area contributed by atoms with Gasteiger partial charge < -0.3 is 0 Å². The van der Waals surface area contributed by atoms with Crippen molar-refractivity contribution in [1.29, 1.82) is 0 Å². The molecule has 1 heterocycles. The zero-order chi connectivity index (χ0) is 8.43. The molecule has 0 radical (unpaired) electrons. The van der Waals surface area contributed by atoms with Crippen LogP contribution in [0.5, 0.6) is 0 Å². The van der Waals surface area contributed by atoms with Crippen LogP contribution in [0.25, 0.3) is 0 Å². The van der Waals surface area contributed by atoms with Crippen molar-refractivity contribution in [3.63, 3.8) is 0 Å². The topological polar surface area (TPSA) is 0 Å². The van der Waals surface area contributed by atoms with Crippen molar-refractivity contribution in [1.82, 2.24) is 0 Å². The van der Waals surface area contributed by atoms with Gasteiger partial charge >= 0.3 is 0 Å². The molecule has 1 rings (SSSR count). The van der Waals surface area contributed by atoms with E-state index in [1.54, 1.807) is 11.3 Å². The summed E-state index contributed by atoms with van der Waals surface area (Å²) in [6.07, 6.45) is 0. The third-order valence-electron chi connectivity index (χ3n) is 1.79. The zero-order valence-electron chi connectivity index (χ0n) is 6.58. The van der Waals surface area contributed by atoms with Gasteiger partial charge in [-0.05, 0) is 25.0 Å². The van der Waals surface area contributed by atoms with Crippen molar-refractivity contribution in [3.8, 4) is 0 Å². The second-order valence-electron chi connectivity index (χ2n) is 2.44. The number of aryl methyl sites for hydroxylation is 2. The summed E-state index contributed by atoms with van der Waals surface area (Å²) in [6, 6.07) is 0. The molecular weight excluding hydrogens is 199 g/mol. The first kappa shape index (κ1) is 9.37. The van der Waals surface area contributed by atoms with E-state index in [0.29, 0.717) is 11.8 Å². The molecule has 0 nitrogen and oxygen atoms in total. The van der Waals surface area contributed by atoms with Crippen LogP contribution in [0.15, 0.2) is 0 Å². The minimum absolute atomic E-state index is 0.582. The lowest BCUT2D eigenvalue weighted by Crippen LogP contribution is -1.85. The minimum Gasteiger partial charge on any atom is -0.145 e. The quantitative estimate of drug-likeness (QED) is 0.649. The zero-order valence-corrected chi connectivity index (χ0v) is 8.91. The van der Waals surface area contributed by atoms with Gasteiger partial charge in [0.05, 0.1) is 0 Å². The van der Waals surface area contributed by atoms with Crippen LogP contribution in [0.1, 0.15) is 20.9 Å². The van der Waals surface area contributed by atoms with Gasteiger partial charge in [-0.2, -0.15) is 0 Å². The van der Waals surface area contributed by atoms with Crippen LogP contribution in [-0.4, -0.2) is 0 Å². The number of hydrogen-bond acceptors (Lipinski definition) is 1. The van der Waals surface area contributed by atoms with Crippen molar-refractivity contribution >= 4 is 34.5 Å². The van der Waals surface area contributed by atoms with Gasteiger partial charge in [-0.1, -0.05) is 0 Å². The van der Waals surface area contributed by atoms with Gasteiger partial charge in [0.2, 0.25) is 0 Å². The lowest BCUT2D eigenvalue weighted by atomic mass is 10.1. The van der Waals surface area contributed by atoms with E-state index >= 15 is 0 Å². The van der Waals surface area contributed by atoms with E-state index in [0.717, 1.165) is 0 Å². The van der Waals surface area contributed by atoms with Crippen LogP contribution in [0, 0.1) is 13.8 Å². The number of thiophene rings is 1. The molecule has 0 fully saturated rings. The molecule has 0 N–H and O–H groups in total. The van der Waals surface area contributed by atoms with E-state index in [-0.39, 0.29) is 0 Å². The van der Waals surface area contributed by atoms with Gasteiger partial charge in [0.25, 0.3) is 0 Å². The number of hydrogen-bond donors (Lipinski definition) is 0. The predicted octanol–water partition coefficient (Wildman–Crippen LogP) is 3.84. The maximum atomic E-state index is 5.78. The summed E-state index contributed by atoms with van der Waals surface area (Å²) >= 11 is 13.3. The van der Waals surface area contributed by atoms with Gasteiger partial charge in [-0.25, -0.2) is 0 Å². The Bertz CT molecular complexity index is 228. The van der Waals surface area contributed by atoms with E-state index < -0.39 is 0 Å². The first-order valence-corrected chi connectivity index (χ1v) is 5.29. The van der Waals surface area contributed by atoms with Gasteiger partial charge in [0.1, 0.15) is 0 Å². The van der Waals surface area contributed by atoms with E-state index in [2.05, 4.69) is 13.8 Å². The lowest BCUT2D eigenvalue weighted by molar-refractivity contribution is 1.25. The molecule has 0 saturated heterocycles. The van der Waals surface area contributed by atoms with Crippen molar-refractivity contribution in [2.75, 3.05) is 0 Å². The Morgan fingerprint density at radius 1 is 1.00 bits per heavy atom. The fourth-order valence-corrected chi connectivity index (χ4v) is 3.11. The van der Waals surface area contributed by atoms with Crippen LogP contribution >= 0.6 is 34.5 Å². The molecule has 0 unspecified atom stereocenters. The molecule has 0 amide bonds. The maximum Gasteiger partial charge on any atom is 0.0488 e. The summed E-state index contributed by atoms with van der Waals surface area (Å²) < 4.78 is 0. The van der Waals surface area contributed by atoms with Crippen LogP contribution in [-0.2, 0) is 11.8 Å². The number of halogens is 2. The first-order valence-electron chi connectivity index (χ1n) is 3.40. The largest absolute Gasteiger partial charge is 0.145 e. The number of rotatable bonds is 2. The molecule has 62 valence electrons. The molecule has 0 atom stereocenters. The lowest BCUT2D eigenvalue weighted by Gasteiger charge is -1.97. The van der Waals surface area contributed by atoms with Crippen molar-refractivity contribution in [3.05, 3.63) is 20.9 Å². The van der Waals surface area contributed by atoms with Gasteiger partial charge in [0, 0.05) is 21.5 Å². The molecule has 0 aliphatic rings. The summed E-state index contributed by atoms with van der Waals surface area (Å²) in [5.41, 5.74) is 2.45. The highest BCUT2D eigenvalue weighted by Gasteiger charge is 2.10. The normalized spacial score (nSPS) is 10.5. The number of alkyl halides is 2. The fraction of sp³-hybridized carbons (Fsp3) is 0.500. The van der Waals surface area contributed by atoms with Crippen molar-refractivity contribution in [2.45, 2.75) is 25.6 Å². The summed E-state index contributed by atoms with van der Waals surface area (Å²) in [7, 11) is 0. The maximum absolute atomic E-state index is 5.78. The highest BCUT2D eigenvalue weighted by Crippen LogP contribution is 2.29. The second-order valence-corrected chi connectivity index (χ2v) is 4.40. The Labute approximate surface area is 81.1 Å². The second kappa shape index (κ2) is 3.79. The van der Waals surface area contributed by atoms with Gasteiger partial charge in [-0.3, -0.25) is 0 Å². The van der Waals surface area contributed by atoms with Crippen LogP contribution in [0.2, 0.25) is 0 Å². The molecule has 0 spiro atoms. The molecule has 0 saturated carbocycles. The van der Waals surface area contributed by atoms with Crippen LogP contribution in [0.4, 0.5) is 0 Å². The summed E-state index contributed by atoms with van der Waals surface area (Å²) in [4.78, 5) is 2.60. The molecule has 1 aromatic heterocycles. The van der Waals surface area contributed by atoms with Crippen molar-refractivity contribution < 1.29 is 0 Å². The standard InChI is InChI=1S/C8H10Cl2S/c1-5-7(3-9)8(4-10)6(2)11-5/h3-4H2,1-2H3. The average Bonchev–Trinajstić information content (AvgIpc) is 2.24. The van der Waals surface area contributed by atoms with Crippen molar-refractivity contribution in [2.24, 2.45) is 0 Å². The molecule has 0 aromatic carbocycles. The highest BCUT2D eigenvalue weighted by atomic mass is 35.5. The summed E-state index contributed by atoms with van der Waals surface area (Å²) in [5, 5.41) is 0. The third-order valence-corrected chi connectivity index (χ3v) is 3.43. The van der Waals surface area contributed by atoms with Gasteiger partial charge in [-0.15, -0.1) is 34.5 Å². The molecule has 0 aliphatic heterocycles. The van der Waals surface area contributed by atoms with Crippen LogP contribution in [0.3, 0.4) is 0 Å². The van der Waals surface area contributed by atoms with E-state index in [1.165, 1.54) is 20.9 Å². The monoisotopic (exact) mass is 208 g/mol. The Morgan fingerprint density at radius 2 is 1.36 bits per heavy atom. The Morgan fingerprint density at radius 3 is 1.64 bits per heavy atom. The average molecular weight is 209 g/mol. The van der Waals surface area contributed by atoms with Gasteiger partial charge in [0.15, 0.2) is 0 Å². The van der Waals surface area contributed by atoms with E-state index in [1.807, 2.05) is 0 Å². The third kappa shape index (κ3) is 1.71. The highest BCUT2D eigenvalue weighted by molar-refractivity contribution is 7.12. The first-order chi connectivity index (χ1) is 5.20. The molecule has 1 aromatic rings. The summed E-state index contributed by atoms with van der Waals surface area (Å²) in [6.45, 7) is 4.18. The Balaban J connectivity index is 3.17. The Kier molecular flexibility index (Phi) is 3.23. The molecule has 0 aliphatic carbocycles. The predicted molar refractivity (Wildman–Crippen MR) is 52.9 cm³/mol. The van der Waals surface area contributed by atoms with E-state index in [9.17, 15) is 0 Å². The molecule has 3 heteroatoms. The SMILES string of the molecule is Cc1sc(C)c(CCl)c1CCl.